The molecule has 2 unspecified atom stereocenters. The number of nitrogens with two attached hydrogens (primary N) is 1. The monoisotopic (exact) mass is 210 g/mol. The van der Waals surface area contributed by atoms with E-state index in [0.717, 1.165) is 32.1 Å². The van der Waals surface area contributed by atoms with Crippen molar-refractivity contribution in [3.63, 3.8) is 0 Å². The molecular weight excluding hydrogens is 188 g/mol. The lowest BCUT2D eigenvalue weighted by Gasteiger charge is -2.20. The van der Waals surface area contributed by atoms with Crippen molar-refractivity contribution in [1.29, 1.82) is 0 Å². The first-order chi connectivity index (χ1) is 7.22. The van der Waals surface area contributed by atoms with Gasteiger partial charge in [0.15, 0.2) is 0 Å². The van der Waals surface area contributed by atoms with Crippen LogP contribution >= 0.6 is 0 Å². The second kappa shape index (κ2) is 6.62. The van der Waals surface area contributed by atoms with Gasteiger partial charge in [0.2, 0.25) is 5.91 Å². The van der Waals surface area contributed by atoms with Crippen molar-refractivity contribution >= 4 is 5.91 Å². The molecule has 0 heterocycles. The Hall–Kier alpha value is -0.830. The van der Waals surface area contributed by atoms with E-state index in [9.17, 15) is 4.79 Å². The van der Waals surface area contributed by atoms with E-state index in [0.29, 0.717) is 12.5 Å². The van der Waals surface area contributed by atoms with Crippen LogP contribution in [0.3, 0.4) is 0 Å². The average Bonchev–Trinajstić information content (AvgIpc) is 2.19. The quantitative estimate of drug-likeness (QED) is 0.679. The second-order valence-corrected chi connectivity index (χ2v) is 4.30. The van der Waals surface area contributed by atoms with Gasteiger partial charge in [-0.15, -0.1) is 0 Å². The van der Waals surface area contributed by atoms with Crippen molar-refractivity contribution in [3.05, 3.63) is 12.2 Å². The number of hydrogen-bond acceptors (Lipinski definition) is 2. The van der Waals surface area contributed by atoms with Crippen LogP contribution in [-0.2, 0) is 4.79 Å². The van der Waals surface area contributed by atoms with E-state index in [2.05, 4.69) is 24.4 Å². The first-order valence-electron chi connectivity index (χ1n) is 5.92. The maximum Gasteiger partial charge on any atom is 0.221 e. The Morgan fingerprint density at radius 3 is 3.00 bits per heavy atom. The van der Waals surface area contributed by atoms with Gasteiger partial charge >= 0.3 is 0 Å². The maximum atomic E-state index is 11.6. The molecule has 1 rings (SSSR count). The molecule has 15 heavy (non-hydrogen) atoms. The van der Waals surface area contributed by atoms with Crippen LogP contribution in [0.1, 0.15) is 45.4 Å². The number of amides is 1. The topological polar surface area (TPSA) is 55.1 Å². The third-order valence-corrected chi connectivity index (χ3v) is 2.74. The molecule has 86 valence electrons. The van der Waals surface area contributed by atoms with E-state index < -0.39 is 0 Å². The van der Waals surface area contributed by atoms with Crippen LogP contribution in [0.25, 0.3) is 0 Å². The molecule has 0 fully saturated rings. The molecule has 0 bridgehead atoms. The van der Waals surface area contributed by atoms with Crippen molar-refractivity contribution < 1.29 is 4.79 Å². The van der Waals surface area contributed by atoms with E-state index in [1.807, 2.05) is 0 Å². The Morgan fingerprint density at radius 1 is 1.60 bits per heavy atom. The summed E-state index contributed by atoms with van der Waals surface area (Å²) in [6.07, 6.45) is 9.85. The highest BCUT2D eigenvalue weighted by atomic mass is 16.1. The van der Waals surface area contributed by atoms with Gasteiger partial charge in [-0.25, -0.2) is 0 Å². The molecule has 0 saturated carbocycles. The molecule has 0 aliphatic heterocycles. The Balaban J connectivity index is 2.20. The summed E-state index contributed by atoms with van der Waals surface area (Å²) in [5, 5.41) is 3.04. The summed E-state index contributed by atoms with van der Waals surface area (Å²) in [4.78, 5) is 11.6. The van der Waals surface area contributed by atoms with Crippen LogP contribution in [0.4, 0.5) is 0 Å². The van der Waals surface area contributed by atoms with E-state index in [1.165, 1.54) is 0 Å². The minimum atomic E-state index is 0.0223. The molecule has 0 aromatic heterocycles. The lowest BCUT2D eigenvalue weighted by atomic mass is 10.0. The van der Waals surface area contributed by atoms with Gasteiger partial charge in [-0.3, -0.25) is 4.79 Å². The number of nitrogens with one attached hydrogen (secondary N) is 1. The second-order valence-electron chi connectivity index (χ2n) is 4.30. The van der Waals surface area contributed by atoms with Crippen molar-refractivity contribution in [1.82, 2.24) is 5.32 Å². The minimum Gasteiger partial charge on any atom is -0.353 e. The van der Waals surface area contributed by atoms with Gasteiger partial charge in [0.05, 0.1) is 0 Å². The highest BCUT2D eigenvalue weighted by Crippen LogP contribution is 2.10. The lowest BCUT2D eigenvalue weighted by molar-refractivity contribution is -0.122. The normalized spacial score (nSPS) is 22.4. The fourth-order valence-electron chi connectivity index (χ4n) is 1.92. The smallest absolute Gasteiger partial charge is 0.221 e. The van der Waals surface area contributed by atoms with Crippen LogP contribution in [0, 0.1) is 0 Å². The number of allylic oxidation sites excluding steroid dienone is 1. The summed E-state index contributed by atoms with van der Waals surface area (Å²) in [6, 6.07) is 0.352. The molecule has 3 heteroatoms. The van der Waals surface area contributed by atoms with Gasteiger partial charge in [-0.05, 0) is 25.7 Å². The maximum absolute atomic E-state index is 11.6. The fraction of sp³-hybridized carbons (Fsp3) is 0.750. The number of hydrogen-bond donors (Lipinski definition) is 2. The summed E-state index contributed by atoms with van der Waals surface area (Å²) in [5.74, 6) is 0.108. The number of carbonyl (C=O) groups excluding carboxylic acids is 1. The third-order valence-electron chi connectivity index (χ3n) is 2.74. The van der Waals surface area contributed by atoms with Crippen molar-refractivity contribution in [2.45, 2.75) is 57.5 Å². The standard InChI is InChI=1S/C12H22N2O/c1-2-6-10(13)9-12(15)14-11-7-4-3-5-8-11/h3-4,10-11H,2,5-9,13H2,1H3,(H,14,15). The summed E-state index contributed by atoms with van der Waals surface area (Å²) in [6.45, 7) is 2.09. The van der Waals surface area contributed by atoms with Crippen LogP contribution in [0.5, 0.6) is 0 Å². The Labute approximate surface area is 92.1 Å². The molecule has 1 amide bonds. The SMILES string of the molecule is CCCC(N)CC(=O)NC1CC=CCC1. The molecule has 3 nitrogen and oxygen atoms in total. The fourth-order valence-corrected chi connectivity index (χ4v) is 1.92. The van der Waals surface area contributed by atoms with Crippen LogP contribution < -0.4 is 11.1 Å². The van der Waals surface area contributed by atoms with Gasteiger partial charge in [0.1, 0.15) is 0 Å². The van der Waals surface area contributed by atoms with Gasteiger partial charge < -0.3 is 11.1 Å². The zero-order valence-corrected chi connectivity index (χ0v) is 9.54. The first kappa shape index (κ1) is 12.2. The summed E-state index contributed by atoms with van der Waals surface area (Å²) in [5.41, 5.74) is 5.82. The van der Waals surface area contributed by atoms with E-state index in [1.54, 1.807) is 0 Å². The lowest BCUT2D eigenvalue weighted by Crippen LogP contribution is -2.38. The Kier molecular flexibility index (Phi) is 5.40. The van der Waals surface area contributed by atoms with Crippen LogP contribution in [0.15, 0.2) is 12.2 Å². The summed E-state index contributed by atoms with van der Waals surface area (Å²) in [7, 11) is 0. The summed E-state index contributed by atoms with van der Waals surface area (Å²) < 4.78 is 0. The molecule has 0 radical (unpaired) electrons. The van der Waals surface area contributed by atoms with Gasteiger partial charge in [-0.2, -0.15) is 0 Å². The molecular formula is C12H22N2O. The molecule has 2 atom stereocenters. The number of rotatable bonds is 5. The Bertz CT molecular complexity index is 226. The molecule has 0 saturated heterocycles. The predicted octanol–water partition coefficient (Wildman–Crippen LogP) is 1.73. The zero-order valence-electron chi connectivity index (χ0n) is 9.54. The zero-order chi connectivity index (χ0) is 11.1. The highest BCUT2D eigenvalue weighted by Gasteiger charge is 2.14. The molecule has 1 aliphatic carbocycles. The number of carbonyl (C=O) groups is 1. The minimum absolute atomic E-state index is 0.0223. The van der Waals surface area contributed by atoms with Crippen molar-refractivity contribution in [2.75, 3.05) is 0 Å². The van der Waals surface area contributed by atoms with Crippen molar-refractivity contribution in [2.24, 2.45) is 5.73 Å². The highest BCUT2D eigenvalue weighted by molar-refractivity contribution is 5.76. The largest absolute Gasteiger partial charge is 0.353 e. The van der Waals surface area contributed by atoms with E-state index in [4.69, 9.17) is 5.73 Å². The van der Waals surface area contributed by atoms with Gasteiger partial charge in [0.25, 0.3) is 0 Å². The van der Waals surface area contributed by atoms with Crippen LogP contribution in [-0.4, -0.2) is 18.0 Å². The van der Waals surface area contributed by atoms with Gasteiger partial charge in [0, 0.05) is 18.5 Å². The average molecular weight is 210 g/mol. The molecule has 0 aromatic carbocycles. The third kappa shape index (κ3) is 4.98. The molecule has 1 aliphatic rings. The van der Waals surface area contributed by atoms with Gasteiger partial charge in [-0.1, -0.05) is 25.5 Å². The first-order valence-corrected chi connectivity index (χ1v) is 5.92. The van der Waals surface area contributed by atoms with Crippen molar-refractivity contribution in [3.8, 4) is 0 Å². The predicted molar refractivity (Wildman–Crippen MR) is 62.4 cm³/mol. The summed E-state index contributed by atoms with van der Waals surface area (Å²) >= 11 is 0. The molecule has 0 aromatic rings. The Morgan fingerprint density at radius 2 is 2.40 bits per heavy atom. The van der Waals surface area contributed by atoms with Crippen LogP contribution in [0.2, 0.25) is 0 Å². The molecule has 3 N–H and O–H groups in total. The molecule has 0 spiro atoms. The van der Waals surface area contributed by atoms with E-state index in [-0.39, 0.29) is 11.9 Å². The van der Waals surface area contributed by atoms with E-state index >= 15 is 0 Å².